The van der Waals surface area contributed by atoms with Gasteiger partial charge in [0.05, 0.1) is 5.69 Å². The average molecular weight is 327 g/mol. The van der Waals surface area contributed by atoms with Crippen molar-refractivity contribution in [1.82, 2.24) is 0 Å². The summed E-state index contributed by atoms with van der Waals surface area (Å²) in [4.78, 5) is 13.8. The van der Waals surface area contributed by atoms with E-state index in [4.69, 9.17) is 17.3 Å². The van der Waals surface area contributed by atoms with Crippen LogP contribution in [0.5, 0.6) is 0 Å². The number of thiophene rings is 1. The highest BCUT2D eigenvalue weighted by Gasteiger charge is 2.43. The van der Waals surface area contributed by atoms with Crippen LogP contribution in [0.1, 0.15) is 42.5 Å². The Morgan fingerprint density at radius 2 is 2.24 bits per heavy atom. The van der Waals surface area contributed by atoms with Gasteiger partial charge in [-0.15, -0.1) is 22.9 Å². The van der Waals surface area contributed by atoms with Crippen molar-refractivity contribution in [2.75, 3.05) is 16.9 Å². The summed E-state index contributed by atoms with van der Waals surface area (Å²) in [6.07, 6.45) is 6.74. The minimum absolute atomic E-state index is 0.180. The standard InChI is InChI=1S/C16H23ClN2OS/c1-9-13(3-2-6-17)21-16(14(9)18)19-15(20)12-8-10-4-5-11(12)7-10/h10-12H,2-8,18H2,1H3,(H,19,20)/t10-,11+,12-/m1/s1. The van der Waals surface area contributed by atoms with Crippen molar-refractivity contribution in [2.45, 2.75) is 45.4 Å². The average Bonchev–Trinajstić information content (AvgIpc) is 3.16. The second-order valence-electron chi connectivity index (χ2n) is 6.46. The number of hydrogen-bond donors (Lipinski definition) is 2. The highest BCUT2D eigenvalue weighted by atomic mass is 35.5. The number of hydrogen-bond acceptors (Lipinski definition) is 3. The second kappa shape index (κ2) is 6.17. The number of aryl methyl sites for hydroxylation is 1. The van der Waals surface area contributed by atoms with E-state index in [1.54, 1.807) is 11.3 Å². The van der Waals surface area contributed by atoms with Crippen molar-refractivity contribution in [2.24, 2.45) is 17.8 Å². The van der Waals surface area contributed by atoms with Crippen LogP contribution in [0.25, 0.3) is 0 Å². The summed E-state index contributed by atoms with van der Waals surface area (Å²) < 4.78 is 0. The van der Waals surface area contributed by atoms with Gasteiger partial charge in [-0.1, -0.05) is 6.42 Å². The third kappa shape index (κ3) is 2.93. The van der Waals surface area contributed by atoms with Crippen molar-refractivity contribution in [1.29, 1.82) is 0 Å². The monoisotopic (exact) mass is 326 g/mol. The summed E-state index contributed by atoms with van der Waals surface area (Å²) in [5.74, 6) is 2.43. The van der Waals surface area contributed by atoms with Gasteiger partial charge in [0.2, 0.25) is 5.91 Å². The van der Waals surface area contributed by atoms with E-state index in [2.05, 4.69) is 5.32 Å². The van der Waals surface area contributed by atoms with Crippen LogP contribution in [0.2, 0.25) is 0 Å². The van der Waals surface area contributed by atoms with Crippen LogP contribution in [-0.2, 0) is 11.2 Å². The van der Waals surface area contributed by atoms with Gasteiger partial charge in [0.1, 0.15) is 5.00 Å². The molecule has 3 N–H and O–H groups in total. The zero-order valence-electron chi connectivity index (χ0n) is 12.5. The van der Waals surface area contributed by atoms with Crippen molar-refractivity contribution in [3.8, 4) is 0 Å². The number of nitrogens with two attached hydrogens (primary N) is 1. The molecule has 1 aromatic rings. The quantitative estimate of drug-likeness (QED) is 0.797. The molecule has 2 aliphatic carbocycles. The molecule has 2 aliphatic rings. The first-order valence-corrected chi connectivity index (χ1v) is 9.19. The molecule has 1 amide bonds. The van der Waals surface area contributed by atoms with Crippen molar-refractivity contribution in [3.63, 3.8) is 0 Å². The predicted molar refractivity (Wildman–Crippen MR) is 90.1 cm³/mol. The smallest absolute Gasteiger partial charge is 0.228 e. The Labute approximate surface area is 135 Å². The molecule has 116 valence electrons. The fraction of sp³-hybridized carbons (Fsp3) is 0.688. The van der Waals surface area contributed by atoms with E-state index in [0.29, 0.717) is 11.8 Å². The number of carbonyl (C=O) groups excluding carboxylic acids is 1. The third-order valence-corrected chi connectivity index (χ3v) is 6.69. The van der Waals surface area contributed by atoms with Crippen molar-refractivity contribution in [3.05, 3.63) is 10.4 Å². The van der Waals surface area contributed by atoms with Gasteiger partial charge in [0, 0.05) is 16.7 Å². The second-order valence-corrected chi connectivity index (χ2v) is 7.94. The Balaban J connectivity index is 1.68. The molecule has 0 unspecified atom stereocenters. The Morgan fingerprint density at radius 3 is 2.86 bits per heavy atom. The van der Waals surface area contributed by atoms with Gasteiger partial charge in [0.15, 0.2) is 0 Å². The van der Waals surface area contributed by atoms with Gasteiger partial charge in [-0.2, -0.15) is 0 Å². The molecule has 5 heteroatoms. The minimum Gasteiger partial charge on any atom is -0.396 e. The fourth-order valence-electron chi connectivity index (χ4n) is 3.90. The number of anilines is 2. The van der Waals surface area contributed by atoms with Crippen molar-refractivity contribution >= 4 is 39.5 Å². The molecule has 2 fully saturated rings. The molecular weight excluding hydrogens is 304 g/mol. The van der Waals surface area contributed by atoms with Gasteiger partial charge in [0.25, 0.3) is 0 Å². The maximum atomic E-state index is 12.5. The van der Waals surface area contributed by atoms with E-state index in [0.717, 1.165) is 41.4 Å². The lowest BCUT2D eigenvalue weighted by atomic mass is 9.88. The first-order chi connectivity index (χ1) is 10.1. The number of alkyl halides is 1. The number of carbonyl (C=O) groups is 1. The summed E-state index contributed by atoms with van der Waals surface area (Å²) >= 11 is 7.38. The molecule has 3 atom stereocenters. The van der Waals surface area contributed by atoms with E-state index >= 15 is 0 Å². The zero-order chi connectivity index (χ0) is 15.0. The molecule has 2 saturated carbocycles. The summed E-state index contributed by atoms with van der Waals surface area (Å²) in [6.45, 7) is 2.03. The normalized spacial score (nSPS) is 27.2. The summed E-state index contributed by atoms with van der Waals surface area (Å²) in [7, 11) is 0. The highest BCUT2D eigenvalue weighted by Crippen LogP contribution is 2.49. The molecule has 1 aromatic heterocycles. The molecular formula is C16H23ClN2OS. The Kier molecular flexibility index (Phi) is 4.46. The molecule has 1 heterocycles. The van der Waals surface area contributed by atoms with E-state index in [1.807, 2.05) is 6.92 Å². The van der Waals surface area contributed by atoms with Gasteiger partial charge in [-0.25, -0.2) is 0 Å². The lowest BCUT2D eigenvalue weighted by Gasteiger charge is -2.20. The fourth-order valence-corrected chi connectivity index (χ4v) is 5.21. The largest absolute Gasteiger partial charge is 0.396 e. The van der Waals surface area contributed by atoms with E-state index < -0.39 is 0 Å². The minimum atomic E-state index is 0.180. The van der Waals surface area contributed by atoms with Crippen LogP contribution in [0, 0.1) is 24.7 Å². The Morgan fingerprint density at radius 1 is 1.43 bits per heavy atom. The summed E-state index contributed by atoms with van der Waals surface area (Å²) in [5, 5.41) is 3.93. The van der Waals surface area contributed by atoms with Crippen LogP contribution in [0.15, 0.2) is 0 Å². The summed E-state index contributed by atoms with van der Waals surface area (Å²) in [5.41, 5.74) is 8.00. The molecule has 0 saturated heterocycles. The van der Waals surface area contributed by atoms with Crippen LogP contribution in [-0.4, -0.2) is 11.8 Å². The lowest BCUT2D eigenvalue weighted by molar-refractivity contribution is -0.121. The topological polar surface area (TPSA) is 55.1 Å². The molecule has 3 nitrogen and oxygen atoms in total. The molecule has 0 aliphatic heterocycles. The SMILES string of the molecule is Cc1c(CCCCl)sc(NC(=O)[C@@H]2C[C@@H]3CC[C@H]2C3)c1N. The van der Waals surface area contributed by atoms with Crippen molar-refractivity contribution < 1.29 is 4.79 Å². The third-order valence-electron chi connectivity index (χ3n) is 5.14. The molecule has 21 heavy (non-hydrogen) atoms. The van der Waals surface area contributed by atoms with E-state index in [-0.39, 0.29) is 11.8 Å². The number of nitrogens with one attached hydrogen (secondary N) is 1. The van der Waals surface area contributed by atoms with E-state index in [1.165, 1.54) is 24.1 Å². The number of nitrogen functional groups attached to an aromatic ring is 1. The highest BCUT2D eigenvalue weighted by molar-refractivity contribution is 7.17. The Bertz CT molecular complexity index is 543. The molecule has 2 bridgehead atoms. The molecule has 0 aromatic carbocycles. The Hall–Kier alpha value is -0.740. The van der Waals surface area contributed by atoms with Crippen LogP contribution in [0.3, 0.4) is 0 Å². The number of fused-ring (bicyclic) bond motifs is 2. The van der Waals surface area contributed by atoms with E-state index in [9.17, 15) is 4.79 Å². The maximum absolute atomic E-state index is 12.5. The maximum Gasteiger partial charge on any atom is 0.228 e. The van der Waals surface area contributed by atoms with Crippen LogP contribution >= 0.6 is 22.9 Å². The van der Waals surface area contributed by atoms with Gasteiger partial charge in [-0.05, 0) is 56.4 Å². The van der Waals surface area contributed by atoms with Crippen LogP contribution < -0.4 is 11.1 Å². The lowest BCUT2D eigenvalue weighted by Crippen LogP contribution is -2.27. The van der Waals surface area contributed by atoms with Crippen LogP contribution in [0.4, 0.5) is 10.7 Å². The molecule has 0 spiro atoms. The first-order valence-electron chi connectivity index (χ1n) is 7.84. The number of rotatable bonds is 5. The number of halogens is 1. The zero-order valence-corrected chi connectivity index (χ0v) is 14.0. The van der Waals surface area contributed by atoms with Gasteiger partial charge < -0.3 is 11.1 Å². The predicted octanol–water partition coefficient (Wildman–Crippen LogP) is 4.18. The molecule has 0 radical (unpaired) electrons. The molecule has 3 rings (SSSR count). The number of amides is 1. The first kappa shape index (κ1) is 15.2. The summed E-state index contributed by atoms with van der Waals surface area (Å²) in [6, 6.07) is 0. The van der Waals surface area contributed by atoms with Gasteiger partial charge >= 0.3 is 0 Å². The van der Waals surface area contributed by atoms with Gasteiger partial charge in [-0.3, -0.25) is 4.79 Å².